The van der Waals surface area contributed by atoms with Crippen LogP contribution in [-0.4, -0.2) is 22.0 Å². The van der Waals surface area contributed by atoms with Crippen molar-refractivity contribution in [1.82, 2.24) is 5.06 Å². The standard InChI is InChI=1S/C13H19NO3/c1-4-13(2,3)17-12(15)14(16)11-9-7-5-6-8-10-11/h5,7-10,16H,4,6H2,1-3H3. The molecule has 0 aromatic heterocycles. The fourth-order valence-electron chi connectivity index (χ4n) is 1.17. The Bertz CT molecular complexity index is 367. The maximum absolute atomic E-state index is 11.7. The van der Waals surface area contributed by atoms with Crippen molar-refractivity contribution >= 4 is 6.09 Å². The number of nitrogens with zero attached hydrogens (tertiary/aromatic N) is 1. The summed E-state index contributed by atoms with van der Waals surface area (Å²) >= 11 is 0. The molecule has 0 bridgehead atoms. The van der Waals surface area contributed by atoms with Gasteiger partial charge in [-0.25, -0.2) is 4.79 Å². The van der Waals surface area contributed by atoms with Crippen LogP contribution in [0.2, 0.25) is 0 Å². The minimum atomic E-state index is -0.761. The van der Waals surface area contributed by atoms with Gasteiger partial charge in [0.2, 0.25) is 0 Å². The SMILES string of the molecule is CCC(C)(C)OC(=O)N(O)C1=CC=CCC=C1. The van der Waals surface area contributed by atoms with Gasteiger partial charge in [0.25, 0.3) is 0 Å². The molecule has 0 atom stereocenters. The molecule has 17 heavy (non-hydrogen) atoms. The zero-order chi connectivity index (χ0) is 12.9. The predicted molar refractivity (Wildman–Crippen MR) is 65.5 cm³/mol. The average Bonchev–Trinajstić information content (AvgIpc) is 2.56. The molecule has 94 valence electrons. The second-order valence-corrected chi connectivity index (χ2v) is 4.45. The minimum absolute atomic E-state index is 0.399. The Morgan fingerprint density at radius 3 is 2.88 bits per heavy atom. The average molecular weight is 237 g/mol. The Morgan fingerprint density at radius 1 is 1.53 bits per heavy atom. The summed E-state index contributed by atoms with van der Waals surface area (Å²) in [6.45, 7) is 5.52. The number of allylic oxidation sites excluding steroid dienone is 5. The molecule has 4 heteroatoms. The highest BCUT2D eigenvalue weighted by Gasteiger charge is 2.25. The van der Waals surface area contributed by atoms with Crippen LogP contribution >= 0.6 is 0 Å². The first-order chi connectivity index (χ1) is 7.96. The molecular formula is C13H19NO3. The highest BCUT2D eigenvalue weighted by molar-refractivity contribution is 5.69. The molecule has 1 amide bonds. The molecule has 1 rings (SSSR count). The molecule has 0 saturated carbocycles. The maximum Gasteiger partial charge on any atom is 0.439 e. The Hall–Kier alpha value is -1.55. The van der Waals surface area contributed by atoms with E-state index < -0.39 is 11.7 Å². The van der Waals surface area contributed by atoms with Crippen LogP contribution in [0, 0.1) is 0 Å². The third-order valence-electron chi connectivity index (χ3n) is 2.60. The fraction of sp³-hybridized carbons (Fsp3) is 0.462. The van der Waals surface area contributed by atoms with Gasteiger partial charge < -0.3 is 4.74 Å². The van der Waals surface area contributed by atoms with Gasteiger partial charge in [0.05, 0.1) is 5.70 Å². The summed E-state index contributed by atoms with van der Waals surface area (Å²) < 4.78 is 5.18. The van der Waals surface area contributed by atoms with Gasteiger partial charge in [-0.15, -0.1) is 0 Å². The summed E-state index contributed by atoms with van der Waals surface area (Å²) in [5, 5.41) is 10.3. The highest BCUT2D eigenvalue weighted by Crippen LogP contribution is 2.17. The zero-order valence-electron chi connectivity index (χ0n) is 10.5. The lowest BCUT2D eigenvalue weighted by atomic mass is 10.1. The Labute approximate surface area is 102 Å². The monoisotopic (exact) mass is 237 g/mol. The lowest BCUT2D eigenvalue weighted by Crippen LogP contribution is -2.35. The minimum Gasteiger partial charge on any atom is -0.442 e. The van der Waals surface area contributed by atoms with Crippen molar-refractivity contribution < 1.29 is 14.7 Å². The van der Waals surface area contributed by atoms with Crippen molar-refractivity contribution in [2.45, 2.75) is 39.2 Å². The molecule has 1 aliphatic carbocycles. The number of hydrogen-bond acceptors (Lipinski definition) is 3. The van der Waals surface area contributed by atoms with Gasteiger partial charge in [0.1, 0.15) is 5.60 Å². The van der Waals surface area contributed by atoms with Gasteiger partial charge in [0.15, 0.2) is 0 Å². The van der Waals surface area contributed by atoms with Crippen LogP contribution in [0.25, 0.3) is 0 Å². The first kappa shape index (κ1) is 13.5. The van der Waals surface area contributed by atoms with Gasteiger partial charge >= 0.3 is 6.09 Å². The van der Waals surface area contributed by atoms with Crippen molar-refractivity contribution in [2.24, 2.45) is 0 Å². The Balaban J connectivity index is 2.70. The number of rotatable bonds is 3. The van der Waals surface area contributed by atoms with Crippen molar-refractivity contribution in [3.05, 3.63) is 36.1 Å². The molecule has 0 radical (unpaired) electrons. The largest absolute Gasteiger partial charge is 0.442 e. The summed E-state index contributed by atoms with van der Waals surface area (Å²) in [5.74, 6) is 0. The maximum atomic E-state index is 11.7. The summed E-state index contributed by atoms with van der Waals surface area (Å²) in [5.41, 5.74) is -0.182. The van der Waals surface area contributed by atoms with Crippen LogP contribution in [-0.2, 0) is 4.74 Å². The highest BCUT2D eigenvalue weighted by atomic mass is 16.6. The molecule has 0 fully saturated rings. The summed E-state index contributed by atoms with van der Waals surface area (Å²) in [4.78, 5) is 11.7. The van der Waals surface area contributed by atoms with Gasteiger partial charge in [-0.2, -0.15) is 5.06 Å². The van der Waals surface area contributed by atoms with Crippen LogP contribution in [0.1, 0.15) is 33.6 Å². The third kappa shape index (κ3) is 4.07. The Morgan fingerprint density at radius 2 is 2.24 bits per heavy atom. The quantitative estimate of drug-likeness (QED) is 0.604. The number of carbonyl (C=O) groups excluding carboxylic acids is 1. The van der Waals surface area contributed by atoms with Crippen molar-refractivity contribution in [2.75, 3.05) is 0 Å². The van der Waals surface area contributed by atoms with E-state index in [0.717, 1.165) is 6.42 Å². The van der Waals surface area contributed by atoms with Gasteiger partial charge in [-0.05, 0) is 38.8 Å². The lowest BCUT2D eigenvalue weighted by Gasteiger charge is -2.26. The van der Waals surface area contributed by atoms with Crippen LogP contribution < -0.4 is 0 Å². The summed E-state index contributed by atoms with van der Waals surface area (Å²) in [6.07, 6.45) is 9.61. The molecule has 4 nitrogen and oxygen atoms in total. The smallest absolute Gasteiger partial charge is 0.439 e. The number of carbonyl (C=O) groups is 1. The lowest BCUT2D eigenvalue weighted by molar-refractivity contribution is -0.0726. The second-order valence-electron chi connectivity index (χ2n) is 4.45. The summed E-state index contributed by atoms with van der Waals surface area (Å²) in [7, 11) is 0. The van der Waals surface area contributed by atoms with E-state index in [9.17, 15) is 10.0 Å². The van der Waals surface area contributed by atoms with E-state index >= 15 is 0 Å². The van der Waals surface area contributed by atoms with E-state index in [-0.39, 0.29) is 0 Å². The van der Waals surface area contributed by atoms with Crippen molar-refractivity contribution in [3.63, 3.8) is 0 Å². The van der Waals surface area contributed by atoms with Gasteiger partial charge in [-0.1, -0.05) is 25.2 Å². The van der Waals surface area contributed by atoms with Crippen LogP contribution in [0.15, 0.2) is 36.1 Å². The molecule has 0 aliphatic heterocycles. The van der Waals surface area contributed by atoms with Crippen LogP contribution in [0.3, 0.4) is 0 Å². The van der Waals surface area contributed by atoms with E-state index in [1.54, 1.807) is 32.1 Å². The molecule has 0 aromatic rings. The number of amides is 1. The third-order valence-corrected chi connectivity index (χ3v) is 2.60. The van der Waals surface area contributed by atoms with E-state index in [0.29, 0.717) is 17.2 Å². The van der Waals surface area contributed by atoms with E-state index in [1.807, 2.05) is 19.1 Å². The molecule has 1 N–H and O–H groups in total. The van der Waals surface area contributed by atoms with Crippen molar-refractivity contribution in [3.8, 4) is 0 Å². The van der Waals surface area contributed by atoms with Gasteiger partial charge in [0, 0.05) is 0 Å². The normalized spacial score (nSPS) is 15.2. The molecule has 0 aromatic carbocycles. The number of ether oxygens (including phenoxy) is 1. The van der Waals surface area contributed by atoms with E-state index in [1.165, 1.54) is 0 Å². The molecule has 0 unspecified atom stereocenters. The number of hydrogen-bond donors (Lipinski definition) is 1. The fourth-order valence-corrected chi connectivity index (χ4v) is 1.17. The van der Waals surface area contributed by atoms with Crippen molar-refractivity contribution in [1.29, 1.82) is 0 Å². The zero-order valence-corrected chi connectivity index (χ0v) is 10.5. The molecule has 1 aliphatic rings. The van der Waals surface area contributed by atoms with E-state index in [4.69, 9.17) is 4.74 Å². The molecular weight excluding hydrogens is 218 g/mol. The Kier molecular flexibility index (Phi) is 4.52. The van der Waals surface area contributed by atoms with E-state index in [2.05, 4.69) is 0 Å². The topological polar surface area (TPSA) is 49.8 Å². The number of hydroxylamine groups is 2. The first-order valence-electron chi connectivity index (χ1n) is 5.71. The molecule has 0 saturated heterocycles. The summed E-state index contributed by atoms with van der Waals surface area (Å²) in [6, 6.07) is 0. The van der Waals surface area contributed by atoms with Gasteiger partial charge in [-0.3, -0.25) is 5.21 Å². The second kappa shape index (κ2) is 5.68. The molecule has 0 spiro atoms. The first-order valence-corrected chi connectivity index (χ1v) is 5.71. The van der Waals surface area contributed by atoms with Crippen LogP contribution in [0.4, 0.5) is 4.79 Å². The van der Waals surface area contributed by atoms with Crippen LogP contribution in [0.5, 0.6) is 0 Å². The predicted octanol–water partition coefficient (Wildman–Crippen LogP) is 3.40. The molecule has 0 heterocycles.